The Morgan fingerprint density at radius 1 is 1.15 bits per heavy atom. The minimum atomic E-state index is 0.578. The molecule has 0 bridgehead atoms. The van der Waals surface area contributed by atoms with Gasteiger partial charge < -0.3 is 10.6 Å². The first-order valence-corrected chi connectivity index (χ1v) is 5.27. The Morgan fingerprint density at radius 3 is 2.08 bits per heavy atom. The standard InChI is InChI=1S/C10H23N3/c1-9(2)10(8-11)13-6-4-12(3)5-7-13/h9-10H,4-8,11H2,1-3H3/t10-/m0/s1. The van der Waals surface area contributed by atoms with Gasteiger partial charge in [0.25, 0.3) is 0 Å². The maximum Gasteiger partial charge on any atom is 0.0242 e. The summed E-state index contributed by atoms with van der Waals surface area (Å²) in [5.41, 5.74) is 5.78. The van der Waals surface area contributed by atoms with Gasteiger partial charge in [0.2, 0.25) is 0 Å². The van der Waals surface area contributed by atoms with Crippen LogP contribution in [-0.2, 0) is 0 Å². The predicted octanol–water partition coefficient (Wildman–Crippen LogP) is 0.217. The van der Waals surface area contributed by atoms with E-state index in [9.17, 15) is 0 Å². The summed E-state index contributed by atoms with van der Waals surface area (Å²) in [7, 11) is 2.18. The van der Waals surface area contributed by atoms with Crippen LogP contribution in [0.3, 0.4) is 0 Å². The van der Waals surface area contributed by atoms with Gasteiger partial charge in [-0.15, -0.1) is 0 Å². The fourth-order valence-electron chi connectivity index (χ4n) is 2.00. The van der Waals surface area contributed by atoms with Crippen molar-refractivity contribution >= 4 is 0 Å². The minimum Gasteiger partial charge on any atom is -0.329 e. The summed E-state index contributed by atoms with van der Waals surface area (Å²) in [6.07, 6.45) is 0. The molecule has 0 amide bonds. The Morgan fingerprint density at radius 2 is 1.69 bits per heavy atom. The third-order valence-electron chi connectivity index (χ3n) is 3.02. The molecule has 3 heteroatoms. The molecule has 0 aromatic carbocycles. The highest BCUT2D eigenvalue weighted by molar-refractivity contribution is 4.79. The Bertz CT molecular complexity index is 139. The Hall–Kier alpha value is -0.120. The maximum absolute atomic E-state index is 5.78. The van der Waals surface area contributed by atoms with Gasteiger partial charge in [0, 0.05) is 38.8 Å². The largest absolute Gasteiger partial charge is 0.329 e. The van der Waals surface area contributed by atoms with Gasteiger partial charge in [-0.2, -0.15) is 0 Å². The molecule has 1 atom stereocenters. The Kier molecular flexibility index (Phi) is 4.16. The van der Waals surface area contributed by atoms with Crippen molar-refractivity contribution in [2.75, 3.05) is 39.8 Å². The molecule has 78 valence electrons. The van der Waals surface area contributed by atoms with Crippen LogP contribution in [0.5, 0.6) is 0 Å². The monoisotopic (exact) mass is 185 g/mol. The lowest BCUT2D eigenvalue weighted by molar-refractivity contribution is 0.0923. The van der Waals surface area contributed by atoms with Crippen molar-refractivity contribution in [1.29, 1.82) is 0 Å². The molecular formula is C10H23N3. The van der Waals surface area contributed by atoms with Crippen LogP contribution >= 0.6 is 0 Å². The molecule has 1 saturated heterocycles. The second-order valence-corrected chi connectivity index (χ2v) is 4.39. The number of rotatable bonds is 3. The molecule has 0 aliphatic carbocycles. The van der Waals surface area contributed by atoms with Crippen molar-refractivity contribution in [3.05, 3.63) is 0 Å². The zero-order chi connectivity index (χ0) is 9.84. The SMILES string of the molecule is CC(C)[C@H](CN)N1CCN(C)CC1. The smallest absolute Gasteiger partial charge is 0.0242 e. The molecule has 0 aromatic rings. The van der Waals surface area contributed by atoms with Crippen molar-refractivity contribution in [2.45, 2.75) is 19.9 Å². The first kappa shape index (κ1) is 11.0. The molecule has 0 saturated carbocycles. The molecule has 0 radical (unpaired) electrons. The fourth-order valence-corrected chi connectivity index (χ4v) is 2.00. The number of piperazine rings is 1. The second-order valence-electron chi connectivity index (χ2n) is 4.39. The summed E-state index contributed by atoms with van der Waals surface area (Å²) in [4.78, 5) is 4.91. The molecule has 1 aliphatic rings. The van der Waals surface area contributed by atoms with Crippen molar-refractivity contribution in [2.24, 2.45) is 11.7 Å². The van der Waals surface area contributed by atoms with Crippen LogP contribution < -0.4 is 5.73 Å². The zero-order valence-electron chi connectivity index (χ0n) is 9.16. The van der Waals surface area contributed by atoms with E-state index in [2.05, 4.69) is 30.7 Å². The number of nitrogens with two attached hydrogens (primary N) is 1. The first-order valence-electron chi connectivity index (χ1n) is 5.27. The van der Waals surface area contributed by atoms with E-state index >= 15 is 0 Å². The zero-order valence-corrected chi connectivity index (χ0v) is 9.16. The molecule has 13 heavy (non-hydrogen) atoms. The summed E-state index contributed by atoms with van der Waals surface area (Å²) in [6.45, 7) is 10.0. The van der Waals surface area contributed by atoms with Gasteiger partial charge in [0.1, 0.15) is 0 Å². The van der Waals surface area contributed by atoms with Crippen molar-refractivity contribution < 1.29 is 0 Å². The molecule has 0 spiro atoms. The van der Waals surface area contributed by atoms with Crippen LogP contribution in [0.25, 0.3) is 0 Å². The Balaban J connectivity index is 2.41. The minimum absolute atomic E-state index is 0.578. The average Bonchev–Trinajstić information content (AvgIpc) is 2.09. The molecule has 0 aromatic heterocycles. The van der Waals surface area contributed by atoms with Gasteiger partial charge in [-0.1, -0.05) is 13.8 Å². The van der Waals surface area contributed by atoms with E-state index in [1.54, 1.807) is 0 Å². The van der Waals surface area contributed by atoms with Crippen LogP contribution in [0.4, 0.5) is 0 Å². The molecule has 2 N–H and O–H groups in total. The van der Waals surface area contributed by atoms with Crippen molar-refractivity contribution in [1.82, 2.24) is 9.80 Å². The lowest BCUT2D eigenvalue weighted by Gasteiger charge is -2.39. The molecule has 1 rings (SSSR count). The summed E-state index contributed by atoms with van der Waals surface area (Å²) in [6, 6.07) is 0.578. The predicted molar refractivity (Wildman–Crippen MR) is 56.8 cm³/mol. The molecule has 1 fully saturated rings. The van der Waals surface area contributed by atoms with E-state index in [1.807, 2.05) is 0 Å². The van der Waals surface area contributed by atoms with E-state index in [0.717, 1.165) is 6.54 Å². The topological polar surface area (TPSA) is 32.5 Å². The van der Waals surface area contributed by atoms with Crippen LogP contribution in [-0.4, -0.2) is 55.6 Å². The fraction of sp³-hybridized carbons (Fsp3) is 1.00. The maximum atomic E-state index is 5.78. The quantitative estimate of drug-likeness (QED) is 0.682. The van der Waals surface area contributed by atoms with Gasteiger partial charge >= 0.3 is 0 Å². The number of nitrogens with zero attached hydrogens (tertiary/aromatic N) is 2. The molecule has 1 aliphatic heterocycles. The molecule has 1 heterocycles. The van der Waals surface area contributed by atoms with Gasteiger partial charge in [0.05, 0.1) is 0 Å². The van der Waals surface area contributed by atoms with E-state index in [0.29, 0.717) is 12.0 Å². The third kappa shape index (κ3) is 2.93. The van der Waals surface area contributed by atoms with Crippen LogP contribution in [0.2, 0.25) is 0 Å². The van der Waals surface area contributed by atoms with Gasteiger partial charge in [0.15, 0.2) is 0 Å². The lowest BCUT2D eigenvalue weighted by Crippen LogP contribution is -2.53. The first-order chi connectivity index (χ1) is 6.15. The van der Waals surface area contributed by atoms with Crippen LogP contribution in [0.15, 0.2) is 0 Å². The van der Waals surface area contributed by atoms with E-state index in [-0.39, 0.29) is 0 Å². The number of hydrogen-bond acceptors (Lipinski definition) is 3. The average molecular weight is 185 g/mol. The summed E-state index contributed by atoms with van der Waals surface area (Å²) < 4.78 is 0. The Labute approximate surface area is 81.9 Å². The van der Waals surface area contributed by atoms with Crippen LogP contribution in [0.1, 0.15) is 13.8 Å². The van der Waals surface area contributed by atoms with E-state index in [1.165, 1.54) is 26.2 Å². The number of hydrogen-bond donors (Lipinski definition) is 1. The van der Waals surface area contributed by atoms with Gasteiger partial charge in [-0.3, -0.25) is 4.90 Å². The van der Waals surface area contributed by atoms with Gasteiger partial charge in [-0.25, -0.2) is 0 Å². The molecule has 3 nitrogen and oxygen atoms in total. The van der Waals surface area contributed by atoms with Crippen molar-refractivity contribution in [3.63, 3.8) is 0 Å². The third-order valence-corrected chi connectivity index (χ3v) is 3.02. The lowest BCUT2D eigenvalue weighted by atomic mass is 10.0. The summed E-state index contributed by atoms with van der Waals surface area (Å²) in [5, 5.41) is 0. The van der Waals surface area contributed by atoms with E-state index in [4.69, 9.17) is 5.73 Å². The summed E-state index contributed by atoms with van der Waals surface area (Å²) in [5.74, 6) is 0.674. The summed E-state index contributed by atoms with van der Waals surface area (Å²) >= 11 is 0. The number of likely N-dealkylation sites (N-methyl/N-ethyl adjacent to an activating group) is 1. The highest BCUT2D eigenvalue weighted by Gasteiger charge is 2.23. The highest BCUT2D eigenvalue weighted by Crippen LogP contribution is 2.11. The second kappa shape index (κ2) is 4.94. The normalized spacial score (nSPS) is 23.8. The highest BCUT2D eigenvalue weighted by atomic mass is 15.3. The van der Waals surface area contributed by atoms with Crippen LogP contribution in [0, 0.1) is 5.92 Å². The molecule has 0 unspecified atom stereocenters. The van der Waals surface area contributed by atoms with Gasteiger partial charge in [-0.05, 0) is 13.0 Å². The molecular weight excluding hydrogens is 162 g/mol. The van der Waals surface area contributed by atoms with Crippen molar-refractivity contribution in [3.8, 4) is 0 Å². The van der Waals surface area contributed by atoms with E-state index < -0.39 is 0 Å².